The molecule has 1 aliphatic rings. The molecule has 5 atom stereocenters. The van der Waals surface area contributed by atoms with Gasteiger partial charge in [0.15, 0.2) is 0 Å². The molecule has 12 heteroatoms. The summed E-state index contributed by atoms with van der Waals surface area (Å²) in [5.74, 6) is -0.0283. The van der Waals surface area contributed by atoms with Gasteiger partial charge in [-0.05, 0) is 39.3 Å². The van der Waals surface area contributed by atoms with Crippen molar-refractivity contribution in [2.45, 2.75) is 70.9 Å². The standard InChI is InChI=1S/C24H33FN2O9/c1-6-33-24(31)34-11-18-19(28)20(29)21(30)23(35-18)36-22-16(13(4)27(26-22)12(2)3)9-14-7-8-15(32-5)10-17(14)25/h7-8,10,12,18-21,23,28-30H,6,9,11H2,1-5H3/t18?,19-,20+,21-,23+/m1/s1. The molecule has 1 aromatic carbocycles. The van der Waals surface area contributed by atoms with Crippen LogP contribution in [0.25, 0.3) is 0 Å². The van der Waals surface area contributed by atoms with Crippen LogP contribution in [-0.2, 0) is 20.6 Å². The molecule has 0 spiro atoms. The van der Waals surface area contributed by atoms with Crippen molar-refractivity contribution in [1.29, 1.82) is 0 Å². The van der Waals surface area contributed by atoms with Gasteiger partial charge in [0.1, 0.15) is 42.6 Å². The predicted octanol–water partition coefficient (Wildman–Crippen LogP) is 1.87. The number of ether oxygens (including phenoxy) is 5. The summed E-state index contributed by atoms with van der Waals surface area (Å²) in [6, 6.07) is 4.45. The first kappa shape index (κ1) is 27.7. The number of methoxy groups -OCH3 is 1. The third-order valence-corrected chi connectivity index (χ3v) is 5.88. The van der Waals surface area contributed by atoms with Gasteiger partial charge in [-0.2, -0.15) is 0 Å². The van der Waals surface area contributed by atoms with Crippen LogP contribution in [0, 0.1) is 12.7 Å². The Morgan fingerprint density at radius 3 is 2.53 bits per heavy atom. The third-order valence-electron chi connectivity index (χ3n) is 5.88. The van der Waals surface area contributed by atoms with Crippen molar-refractivity contribution in [1.82, 2.24) is 9.78 Å². The first-order valence-electron chi connectivity index (χ1n) is 11.6. The van der Waals surface area contributed by atoms with E-state index in [9.17, 15) is 24.5 Å². The highest BCUT2D eigenvalue weighted by molar-refractivity contribution is 5.59. The topological polar surface area (TPSA) is 142 Å². The summed E-state index contributed by atoms with van der Waals surface area (Å²) >= 11 is 0. The molecule has 1 aromatic heterocycles. The maximum absolute atomic E-state index is 14.7. The molecule has 11 nitrogen and oxygen atoms in total. The minimum atomic E-state index is -1.66. The number of carbonyl (C=O) groups excluding carboxylic acids is 1. The third kappa shape index (κ3) is 6.06. The van der Waals surface area contributed by atoms with E-state index >= 15 is 0 Å². The predicted molar refractivity (Wildman–Crippen MR) is 123 cm³/mol. The molecule has 36 heavy (non-hydrogen) atoms. The molecule has 0 radical (unpaired) electrons. The van der Waals surface area contributed by atoms with Gasteiger partial charge in [0, 0.05) is 29.8 Å². The van der Waals surface area contributed by atoms with Gasteiger partial charge >= 0.3 is 6.16 Å². The Labute approximate surface area is 208 Å². The largest absolute Gasteiger partial charge is 0.508 e. The van der Waals surface area contributed by atoms with E-state index in [0.717, 1.165) is 0 Å². The van der Waals surface area contributed by atoms with E-state index in [0.29, 0.717) is 22.6 Å². The zero-order valence-electron chi connectivity index (χ0n) is 20.9. The Kier molecular flexibility index (Phi) is 9.12. The van der Waals surface area contributed by atoms with E-state index in [1.165, 1.54) is 13.2 Å². The van der Waals surface area contributed by atoms with Gasteiger partial charge in [-0.1, -0.05) is 6.07 Å². The van der Waals surface area contributed by atoms with Crippen molar-refractivity contribution in [2.24, 2.45) is 0 Å². The molecule has 3 rings (SSSR count). The number of halogens is 1. The van der Waals surface area contributed by atoms with Crippen LogP contribution >= 0.6 is 0 Å². The number of aliphatic hydroxyl groups excluding tert-OH is 3. The van der Waals surface area contributed by atoms with Crippen molar-refractivity contribution < 1.29 is 48.2 Å². The van der Waals surface area contributed by atoms with Crippen molar-refractivity contribution in [2.75, 3.05) is 20.3 Å². The van der Waals surface area contributed by atoms with Crippen molar-refractivity contribution in [3.63, 3.8) is 0 Å². The molecule has 0 aliphatic carbocycles. The van der Waals surface area contributed by atoms with E-state index < -0.39 is 49.3 Å². The molecular formula is C24H33FN2O9. The SMILES string of the molecule is CCOC(=O)OCC1O[C@@H](Oc2nn(C(C)C)c(C)c2Cc2ccc(OC)cc2F)[C@H](O)[C@@H](O)[C@@H]1O. The lowest BCUT2D eigenvalue weighted by Crippen LogP contribution is -2.60. The summed E-state index contributed by atoms with van der Waals surface area (Å²) in [5.41, 5.74) is 1.63. The van der Waals surface area contributed by atoms with Crippen LogP contribution in [0.15, 0.2) is 18.2 Å². The smallest absolute Gasteiger partial charge is 0.497 e. The molecule has 1 unspecified atom stereocenters. The van der Waals surface area contributed by atoms with E-state index in [1.54, 1.807) is 23.7 Å². The second-order valence-electron chi connectivity index (χ2n) is 8.67. The molecule has 1 aliphatic heterocycles. The molecule has 2 heterocycles. The van der Waals surface area contributed by atoms with E-state index in [-0.39, 0.29) is 24.9 Å². The summed E-state index contributed by atoms with van der Waals surface area (Å²) in [6.07, 6.45) is -8.39. The van der Waals surface area contributed by atoms with Crippen LogP contribution in [-0.4, -0.2) is 82.3 Å². The number of aliphatic hydroxyl groups is 3. The van der Waals surface area contributed by atoms with Crippen LogP contribution in [0.4, 0.5) is 9.18 Å². The molecular weight excluding hydrogens is 479 g/mol. The number of hydrogen-bond donors (Lipinski definition) is 3. The number of carbonyl (C=O) groups is 1. The molecule has 1 saturated heterocycles. The summed E-state index contributed by atoms with van der Waals surface area (Å²) in [6.45, 7) is 6.88. The number of rotatable bonds is 9. The zero-order chi connectivity index (χ0) is 26.6. The summed E-state index contributed by atoms with van der Waals surface area (Å²) in [7, 11) is 1.45. The highest BCUT2D eigenvalue weighted by Gasteiger charge is 2.46. The summed E-state index contributed by atoms with van der Waals surface area (Å²) in [4.78, 5) is 11.5. The fourth-order valence-electron chi connectivity index (χ4n) is 3.89. The Morgan fingerprint density at radius 2 is 1.92 bits per heavy atom. The van der Waals surface area contributed by atoms with Gasteiger partial charge in [0.25, 0.3) is 0 Å². The number of hydrogen-bond acceptors (Lipinski definition) is 10. The summed E-state index contributed by atoms with van der Waals surface area (Å²) < 4.78 is 42.5. The maximum Gasteiger partial charge on any atom is 0.508 e. The number of nitrogens with zero attached hydrogens (tertiary/aromatic N) is 2. The van der Waals surface area contributed by atoms with Crippen molar-refractivity contribution in [3.8, 4) is 11.6 Å². The number of aromatic nitrogens is 2. The first-order valence-corrected chi connectivity index (χ1v) is 11.6. The lowest BCUT2D eigenvalue weighted by Gasteiger charge is -2.39. The minimum absolute atomic E-state index is 0.0582. The van der Waals surface area contributed by atoms with Crippen molar-refractivity contribution >= 4 is 6.16 Å². The lowest BCUT2D eigenvalue weighted by molar-refractivity contribution is -0.278. The number of benzene rings is 1. The summed E-state index contributed by atoms with van der Waals surface area (Å²) in [5, 5.41) is 35.6. The fourth-order valence-corrected chi connectivity index (χ4v) is 3.89. The average Bonchev–Trinajstić information content (AvgIpc) is 3.15. The average molecular weight is 513 g/mol. The molecule has 0 saturated carbocycles. The van der Waals surface area contributed by atoms with Gasteiger partial charge in [0.2, 0.25) is 12.2 Å². The second-order valence-corrected chi connectivity index (χ2v) is 8.67. The Hall–Kier alpha value is -2.93. The molecule has 2 aromatic rings. The van der Waals surface area contributed by atoms with Gasteiger partial charge in [-0.25, -0.2) is 9.18 Å². The van der Waals surface area contributed by atoms with Crippen LogP contribution in [0.2, 0.25) is 0 Å². The highest BCUT2D eigenvalue weighted by atomic mass is 19.1. The monoisotopic (exact) mass is 512 g/mol. The first-order chi connectivity index (χ1) is 17.1. The lowest BCUT2D eigenvalue weighted by atomic mass is 9.99. The van der Waals surface area contributed by atoms with Crippen LogP contribution in [0.5, 0.6) is 11.6 Å². The maximum atomic E-state index is 14.7. The van der Waals surface area contributed by atoms with E-state index in [1.807, 2.05) is 20.8 Å². The van der Waals surface area contributed by atoms with Crippen LogP contribution < -0.4 is 9.47 Å². The Balaban J connectivity index is 1.86. The van der Waals surface area contributed by atoms with Gasteiger partial charge < -0.3 is 39.0 Å². The molecule has 1 fully saturated rings. The minimum Gasteiger partial charge on any atom is -0.497 e. The van der Waals surface area contributed by atoms with Gasteiger partial charge in [0.05, 0.1) is 13.7 Å². The molecule has 0 amide bonds. The fraction of sp³-hybridized carbons (Fsp3) is 0.583. The highest BCUT2D eigenvalue weighted by Crippen LogP contribution is 2.31. The Bertz CT molecular complexity index is 1040. The van der Waals surface area contributed by atoms with Crippen molar-refractivity contribution in [3.05, 3.63) is 40.8 Å². The molecule has 3 N–H and O–H groups in total. The van der Waals surface area contributed by atoms with Crippen LogP contribution in [0.3, 0.4) is 0 Å². The molecule has 0 bridgehead atoms. The van der Waals surface area contributed by atoms with E-state index in [4.69, 9.17) is 18.9 Å². The van der Waals surface area contributed by atoms with Gasteiger partial charge in [-0.3, -0.25) is 4.68 Å². The molecule has 200 valence electrons. The zero-order valence-corrected chi connectivity index (χ0v) is 20.9. The van der Waals surface area contributed by atoms with Gasteiger partial charge in [-0.15, -0.1) is 5.10 Å². The van der Waals surface area contributed by atoms with Crippen LogP contribution in [0.1, 0.15) is 43.6 Å². The quantitative estimate of drug-likeness (QED) is 0.426. The second kappa shape index (κ2) is 11.9. The normalized spacial score (nSPS) is 24.0. The Morgan fingerprint density at radius 1 is 1.19 bits per heavy atom. The van der Waals surface area contributed by atoms with E-state index in [2.05, 4.69) is 9.84 Å².